The van der Waals surface area contributed by atoms with Crippen molar-refractivity contribution in [1.82, 2.24) is 10.2 Å². The summed E-state index contributed by atoms with van der Waals surface area (Å²) in [5.41, 5.74) is 0.963. The number of thiocarbonyl (C=S) groups is 1. The third-order valence-corrected chi connectivity index (χ3v) is 4.32. The van der Waals surface area contributed by atoms with Gasteiger partial charge in [0.25, 0.3) is 5.91 Å². The lowest BCUT2D eigenvalue weighted by atomic mass is 10.1. The summed E-state index contributed by atoms with van der Waals surface area (Å²) in [4.78, 5) is 14.1. The zero-order valence-electron chi connectivity index (χ0n) is 14.3. The maximum Gasteiger partial charge on any atom is 0.276 e. The molecule has 1 amide bonds. The molecule has 2 heterocycles. The molecule has 8 heteroatoms. The third kappa shape index (κ3) is 4.08. The van der Waals surface area contributed by atoms with E-state index in [-0.39, 0.29) is 19.1 Å². The number of nitrogens with zero attached hydrogens (tertiary/aromatic N) is 1. The molecule has 1 N–H and O–H groups in total. The van der Waals surface area contributed by atoms with E-state index in [1.54, 1.807) is 36.6 Å². The minimum Gasteiger partial charge on any atom is -0.493 e. The molecule has 6 nitrogen and oxygen atoms in total. The first kappa shape index (κ1) is 18.8. The summed E-state index contributed by atoms with van der Waals surface area (Å²) in [5, 5.41) is 3.52. The lowest BCUT2D eigenvalue weighted by molar-refractivity contribution is -0.122. The molecule has 1 aliphatic heterocycles. The van der Waals surface area contributed by atoms with Gasteiger partial charge < -0.3 is 19.2 Å². The molecule has 27 heavy (non-hydrogen) atoms. The fourth-order valence-corrected chi connectivity index (χ4v) is 3.05. The first-order chi connectivity index (χ1) is 13.0. The van der Waals surface area contributed by atoms with Gasteiger partial charge in [-0.1, -0.05) is 17.5 Å². The number of ether oxygens (including phenoxy) is 2. The van der Waals surface area contributed by atoms with E-state index in [9.17, 15) is 4.79 Å². The molecule has 3 rings (SSSR count). The Balaban J connectivity index is 1.86. The molecule has 0 saturated carbocycles. The van der Waals surface area contributed by atoms with Crippen molar-refractivity contribution in [2.24, 2.45) is 0 Å². The van der Waals surface area contributed by atoms with Gasteiger partial charge in [-0.05, 0) is 48.1 Å². The van der Waals surface area contributed by atoms with Crippen LogP contribution in [0.3, 0.4) is 0 Å². The average Bonchev–Trinajstić information content (AvgIpc) is 3.25. The Morgan fingerprint density at radius 1 is 1.48 bits per heavy atom. The number of nitrogens with one attached hydrogen (secondary N) is 1. The van der Waals surface area contributed by atoms with E-state index in [2.05, 4.69) is 11.2 Å². The summed E-state index contributed by atoms with van der Waals surface area (Å²) in [6.07, 6.45) is 8.39. The van der Waals surface area contributed by atoms with Crippen molar-refractivity contribution in [3.05, 3.63) is 52.6 Å². The van der Waals surface area contributed by atoms with Gasteiger partial charge in [0, 0.05) is 0 Å². The summed E-state index contributed by atoms with van der Waals surface area (Å²) in [7, 11) is 1.49. The Hall–Kier alpha value is -2.95. The second-order valence-corrected chi connectivity index (χ2v) is 6.28. The highest BCUT2D eigenvalue weighted by Crippen LogP contribution is 2.37. The van der Waals surface area contributed by atoms with Gasteiger partial charge in [-0.15, -0.1) is 6.42 Å². The molecule has 0 unspecified atom stereocenters. The lowest BCUT2D eigenvalue weighted by Gasteiger charge is -2.12. The van der Waals surface area contributed by atoms with Gasteiger partial charge in [-0.3, -0.25) is 9.69 Å². The van der Waals surface area contributed by atoms with Gasteiger partial charge in [0.15, 0.2) is 16.6 Å². The van der Waals surface area contributed by atoms with Crippen LogP contribution < -0.4 is 14.8 Å². The molecule has 2 aromatic rings. The number of furan rings is 1. The van der Waals surface area contributed by atoms with Gasteiger partial charge in [-0.25, -0.2) is 0 Å². The van der Waals surface area contributed by atoms with E-state index in [4.69, 9.17) is 44.1 Å². The first-order valence-electron chi connectivity index (χ1n) is 7.84. The number of terminal acetylenes is 1. The first-order valence-corrected chi connectivity index (χ1v) is 8.63. The molecule has 1 aromatic heterocycles. The monoisotopic (exact) mass is 402 g/mol. The third-order valence-electron chi connectivity index (χ3n) is 3.72. The Morgan fingerprint density at radius 3 is 2.96 bits per heavy atom. The van der Waals surface area contributed by atoms with Crippen LogP contribution in [-0.2, 0) is 11.3 Å². The minimum absolute atomic E-state index is 0.0621. The van der Waals surface area contributed by atoms with E-state index in [1.807, 2.05) is 0 Å². The molecular formula is C19H15ClN2O4S. The fourth-order valence-electron chi connectivity index (χ4n) is 2.52. The Morgan fingerprint density at radius 2 is 2.30 bits per heavy atom. The molecule has 1 aromatic carbocycles. The van der Waals surface area contributed by atoms with Crippen LogP contribution in [0.2, 0.25) is 5.02 Å². The average molecular weight is 403 g/mol. The minimum atomic E-state index is -0.265. The van der Waals surface area contributed by atoms with Crippen LogP contribution in [-0.4, -0.2) is 29.6 Å². The molecule has 1 fully saturated rings. The van der Waals surface area contributed by atoms with Crippen molar-refractivity contribution in [2.75, 3.05) is 13.7 Å². The van der Waals surface area contributed by atoms with Gasteiger partial charge in [-0.2, -0.15) is 0 Å². The summed E-state index contributed by atoms with van der Waals surface area (Å²) < 4.78 is 16.0. The number of halogens is 1. The van der Waals surface area contributed by atoms with Crippen molar-refractivity contribution in [3.8, 4) is 23.8 Å². The van der Waals surface area contributed by atoms with Gasteiger partial charge in [0.1, 0.15) is 18.1 Å². The fraction of sp³-hybridized carbons (Fsp3) is 0.158. The Labute approximate surface area is 166 Å². The number of hydrogen-bond donors (Lipinski definition) is 1. The number of benzene rings is 1. The number of carbonyl (C=O) groups is 1. The van der Waals surface area contributed by atoms with E-state index in [0.717, 1.165) is 0 Å². The van der Waals surface area contributed by atoms with Crippen LogP contribution >= 0.6 is 23.8 Å². The van der Waals surface area contributed by atoms with Crippen LogP contribution in [0.15, 0.2) is 40.6 Å². The molecule has 0 spiro atoms. The lowest BCUT2D eigenvalue weighted by Crippen LogP contribution is -2.29. The van der Waals surface area contributed by atoms with Crippen molar-refractivity contribution in [1.29, 1.82) is 0 Å². The van der Waals surface area contributed by atoms with Crippen LogP contribution in [0.25, 0.3) is 6.08 Å². The SMILES string of the molecule is C#CCOc1c(Cl)cc(/C=C2\NC(=S)N(Cc3ccco3)C2=O)cc1OC. The zero-order chi connectivity index (χ0) is 19.4. The molecule has 0 atom stereocenters. The number of carbonyl (C=O) groups excluding carboxylic acids is 1. The standard InChI is InChI=1S/C19H15ClN2O4S/c1-3-6-26-17-14(20)8-12(10-16(17)24-2)9-15-18(23)22(19(27)21-15)11-13-5-4-7-25-13/h1,4-5,7-10H,6,11H2,2H3,(H,21,27)/b15-9-. The second kappa shape index (κ2) is 8.16. The van der Waals surface area contributed by atoms with E-state index in [0.29, 0.717) is 38.7 Å². The molecular weight excluding hydrogens is 388 g/mol. The van der Waals surface area contributed by atoms with Gasteiger partial charge in [0.2, 0.25) is 0 Å². The second-order valence-electron chi connectivity index (χ2n) is 5.49. The molecule has 0 radical (unpaired) electrons. The van der Waals surface area contributed by atoms with Crippen molar-refractivity contribution in [3.63, 3.8) is 0 Å². The largest absolute Gasteiger partial charge is 0.493 e. The molecule has 0 aliphatic carbocycles. The Kier molecular flexibility index (Phi) is 5.69. The molecule has 138 valence electrons. The summed E-state index contributed by atoms with van der Waals surface area (Å²) in [6, 6.07) is 6.87. The topological polar surface area (TPSA) is 63.9 Å². The van der Waals surface area contributed by atoms with E-state index < -0.39 is 0 Å². The van der Waals surface area contributed by atoms with Crippen molar-refractivity contribution in [2.45, 2.75) is 6.54 Å². The predicted molar refractivity (Wildman–Crippen MR) is 105 cm³/mol. The number of rotatable bonds is 6. The van der Waals surface area contributed by atoms with Gasteiger partial charge >= 0.3 is 0 Å². The summed E-state index contributed by atoms with van der Waals surface area (Å²) in [6.45, 7) is 0.310. The molecule has 1 saturated heterocycles. The van der Waals surface area contributed by atoms with Crippen molar-refractivity contribution >= 4 is 40.9 Å². The highest BCUT2D eigenvalue weighted by atomic mass is 35.5. The van der Waals surface area contributed by atoms with Crippen LogP contribution in [0.1, 0.15) is 11.3 Å². The van der Waals surface area contributed by atoms with Gasteiger partial charge in [0.05, 0.1) is 24.9 Å². The van der Waals surface area contributed by atoms with Crippen LogP contribution in [0, 0.1) is 12.3 Å². The number of hydrogen-bond acceptors (Lipinski definition) is 5. The number of amides is 1. The molecule has 0 bridgehead atoms. The quantitative estimate of drug-likeness (QED) is 0.455. The molecule has 1 aliphatic rings. The van der Waals surface area contributed by atoms with Crippen molar-refractivity contribution < 1.29 is 18.7 Å². The maximum atomic E-state index is 12.6. The summed E-state index contributed by atoms with van der Waals surface area (Å²) >= 11 is 11.5. The van der Waals surface area contributed by atoms with E-state index >= 15 is 0 Å². The Bertz CT molecular complexity index is 947. The highest BCUT2D eigenvalue weighted by Gasteiger charge is 2.31. The van der Waals surface area contributed by atoms with Crippen LogP contribution in [0.5, 0.6) is 11.5 Å². The van der Waals surface area contributed by atoms with Crippen LogP contribution in [0.4, 0.5) is 0 Å². The highest BCUT2D eigenvalue weighted by molar-refractivity contribution is 7.80. The summed E-state index contributed by atoms with van der Waals surface area (Å²) in [5.74, 6) is 3.49. The maximum absolute atomic E-state index is 12.6. The zero-order valence-corrected chi connectivity index (χ0v) is 15.9. The van der Waals surface area contributed by atoms with E-state index in [1.165, 1.54) is 12.0 Å². The number of methoxy groups -OCH3 is 1. The normalized spacial score (nSPS) is 15.0. The predicted octanol–water partition coefficient (Wildman–Crippen LogP) is 3.21. The smallest absolute Gasteiger partial charge is 0.276 e.